The molecule has 0 aliphatic heterocycles. The third-order valence-corrected chi connectivity index (χ3v) is 2.29. The van der Waals surface area contributed by atoms with E-state index in [9.17, 15) is 4.79 Å². The molecule has 0 aliphatic carbocycles. The van der Waals surface area contributed by atoms with Crippen molar-refractivity contribution in [3.8, 4) is 11.3 Å². The minimum atomic E-state index is -0.0634. The number of rotatable bonds is 2. The van der Waals surface area contributed by atoms with Crippen LogP contribution in [-0.2, 0) is 6.42 Å². The zero-order chi connectivity index (χ0) is 10.7. The van der Waals surface area contributed by atoms with Crippen molar-refractivity contribution in [3.63, 3.8) is 0 Å². The van der Waals surface area contributed by atoms with Gasteiger partial charge in [0.25, 0.3) is 0 Å². The number of hydrogen-bond acceptors (Lipinski definition) is 2. The Balaban J connectivity index is 2.58. The first-order chi connectivity index (χ1) is 7.31. The summed E-state index contributed by atoms with van der Waals surface area (Å²) in [7, 11) is 0. The SMILES string of the molecule is CCc1[nH]c(=O)ccc1-c1ccccn1. The number of hydrogen-bond donors (Lipinski definition) is 1. The van der Waals surface area contributed by atoms with E-state index in [-0.39, 0.29) is 5.56 Å². The van der Waals surface area contributed by atoms with E-state index in [4.69, 9.17) is 0 Å². The largest absolute Gasteiger partial charge is 0.326 e. The van der Waals surface area contributed by atoms with Gasteiger partial charge in [0, 0.05) is 23.5 Å². The van der Waals surface area contributed by atoms with Crippen molar-refractivity contribution in [3.05, 3.63) is 52.6 Å². The zero-order valence-electron chi connectivity index (χ0n) is 8.53. The molecule has 0 aliphatic rings. The maximum absolute atomic E-state index is 11.2. The van der Waals surface area contributed by atoms with Crippen LogP contribution >= 0.6 is 0 Å². The number of nitrogens with zero attached hydrogens (tertiary/aromatic N) is 1. The Morgan fingerprint density at radius 2 is 2.13 bits per heavy atom. The summed E-state index contributed by atoms with van der Waals surface area (Å²) in [5.74, 6) is 0. The van der Waals surface area contributed by atoms with E-state index in [0.29, 0.717) is 0 Å². The van der Waals surface area contributed by atoms with Crippen LogP contribution in [0.3, 0.4) is 0 Å². The van der Waals surface area contributed by atoms with Crippen LogP contribution < -0.4 is 5.56 Å². The number of aryl methyl sites for hydroxylation is 1. The minimum absolute atomic E-state index is 0.0634. The summed E-state index contributed by atoms with van der Waals surface area (Å²) >= 11 is 0. The van der Waals surface area contributed by atoms with Crippen LogP contribution in [0, 0.1) is 0 Å². The molecule has 2 aromatic rings. The molecule has 1 N–H and O–H groups in total. The Morgan fingerprint density at radius 3 is 2.80 bits per heavy atom. The smallest absolute Gasteiger partial charge is 0.248 e. The van der Waals surface area contributed by atoms with E-state index in [1.165, 1.54) is 6.07 Å². The van der Waals surface area contributed by atoms with Crippen molar-refractivity contribution in [2.75, 3.05) is 0 Å². The summed E-state index contributed by atoms with van der Waals surface area (Å²) in [4.78, 5) is 18.3. The number of pyridine rings is 2. The lowest BCUT2D eigenvalue weighted by atomic mass is 10.1. The molecule has 0 unspecified atom stereocenters. The Morgan fingerprint density at radius 1 is 1.27 bits per heavy atom. The van der Waals surface area contributed by atoms with Gasteiger partial charge in [-0.15, -0.1) is 0 Å². The first-order valence-electron chi connectivity index (χ1n) is 4.95. The lowest BCUT2D eigenvalue weighted by Gasteiger charge is -2.05. The van der Waals surface area contributed by atoms with Crippen LogP contribution in [0.15, 0.2) is 41.3 Å². The molecule has 0 saturated carbocycles. The average Bonchev–Trinajstić information content (AvgIpc) is 2.30. The van der Waals surface area contributed by atoms with E-state index in [1.54, 1.807) is 6.20 Å². The van der Waals surface area contributed by atoms with Crippen molar-refractivity contribution < 1.29 is 0 Å². The molecular formula is C12H12N2O. The molecule has 0 spiro atoms. The molecule has 0 fully saturated rings. The summed E-state index contributed by atoms with van der Waals surface area (Å²) < 4.78 is 0. The van der Waals surface area contributed by atoms with Gasteiger partial charge in [-0.3, -0.25) is 9.78 Å². The highest BCUT2D eigenvalue weighted by Gasteiger charge is 2.04. The molecule has 0 aromatic carbocycles. The summed E-state index contributed by atoms with van der Waals surface area (Å²) in [5.41, 5.74) is 2.76. The second-order valence-electron chi connectivity index (χ2n) is 3.28. The van der Waals surface area contributed by atoms with Gasteiger partial charge in [-0.2, -0.15) is 0 Å². The molecule has 0 saturated heterocycles. The fourth-order valence-corrected chi connectivity index (χ4v) is 1.56. The maximum Gasteiger partial charge on any atom is 0.248 e. The summed E-state index contributed by atoms with van der Waals surface area (Å²) in [5, 5.41) is 0. The number of aromatic nitrogens is 2. The van der Waals surface area contributed by atoms with Crippen LogP contribution in [0.4, 0.5) is 0 Å². The molecular weight excluding hydrogens is 188 g/mol. The summed E-state index contributed by atoms with van der Waals surface area (Å²) in [6.07, 6.45) is 2.54. The molecule has 3 nitrogen and oxygen atoms in total. The first kappa shape index (κ1) is 9.65. The van der Waals surface area contributed by atoms with Gasteiger partial charge in [-0.05, 0) is 24.6 Å². The fourth-order valence-electron chi connectivity index (χ4n) is 1.56. The van der Waals surface area contributed by atoms with E-state index in [1.807, 2.05) is 31.2 Å². The zero-order valence-corrected chi connectivity index (χ0v) is 8.53. The minimum Gasteiger partial charge on any atom is -0.326 e. The lowest BCUT2D eigenvalue weighted by molar-refractivity contribution is 1.01. The molecule has 76 valence electrons. The maximum atomic E-state index is 11.2. The van der Waals surface area contributed by atoms with Gasteiger partial charge in [0.05, 0.1) is 5.69 Å². The third kappa shape index (κ3) is 1.96. The van der Waals surface area contributed by atoms with Crippen LogP contribution in [0.1, 0.15) is 12.6 Å². The van der Waals surface area contributed by atoms with E-state index >= 15 is 0 Å². The molecule has 3 heteroatoms. The summed E-state index contributed by atoms with van der Waals surface area (Å²) in [6, 6.07) is 9.10. The van der Waals surface area contributed by atoms with E-state index in [0.717, 1.165) is 23.4 Å². The number of aromatic amines is 1. The first-order valence-corrected chi connectivity index (χ1v) is 4.95. The Hall–Kier alpha value is -1.90. The van der Waals surface area contributed by atoms with Crippen molar-refractivity contribution >= 4 is 0 Å². The van der Waals surface area contributed by atoms with Crippen molar-refractivity contribution in [1.82, 2.24) is 9.97 Å². The predicted octanol–water partition coefficient (Wildman–Crippen LogP) is 2.00. The third-order valence-electron chi connectivity index (χ3n) is 2.29. The van der Waals surface area contributed by atoms with Gasteiger partial charge in [0.15, 0.2) is 0 Å². The van der Waals surface area contributed by atoms with Gasteiger partial charge < -0.3 is 4.98 Å². The topological polar surface area (TPSA) is 45.8 Å². The molecule has 2 heterocycles. The fraction of sp³-hybridized carbons (Fsp3) is 0.167. The molecule has 2 aromatic heterocycles. The second-order valence-corrected chi connectivity index (χ2v) is 3.28. The van der Waals surface area contributed by atoms with Crippen molar-refractivity contribution in [1.29, 1.82) is 0 Å². The highest BCUT2D eigenvalue weighted by atomic mass is 16.1. The Bertz CT molecular complexity index is 503. The van der Waals surface area contributed by atoms with Crippen LogP contribution in [-0.4, -0.2) is 9.97 Å². The quantitative estimate of drug-likeness (QED) is 0.805. The molecule has 2 rings (SSSR count). The predicted molar refractivity (Wildman–Crippen MR) is 59.7 cm³/mol. The normalized spacial score (nSPS) is 10.2. The van der Waals surface area contributed by atoms with E-state index < -0.39 is 0 Å². The van der Waals surface area contributed by atoms with Gasteiger partial charge >= 0.3 is 0 Å². The lowest BCUT2D eigenvalue weighted by Crippen LogP contribution is -2.08. The highest BCUT2D eigenvalue weighted by Crippen LogP contribution is 2.18. The second kappa shape index (κ2) is 4.09. The highest BCUT2D eigenvalue weighted by molar-refractivity contribution is 5.61. The Labute approximate surface area is 87.8 Å². The molecule has 0 atom stereocenters. The van der Waals surface area contributed by atoms with E-state index in [2.05, 4.69) is 9.97 Å². The molecule has 0 radical (unpaired) electrons. The average molecular weight is 200 g/mol. The van der Waals surface area contributed by atoms with Crippen LogP contribution in [0.25, 0.3) is 11.3 Å². The van der Waals surface area contributed by atoms with Gasteiger partial charge in [0.2, 0.25) is 5.56 Å². The standard InChI is InChI=1S/C12H12N2O/c1-2-10-9(6-7-12(15)14-10)11-5-3-4-8-13-11/h3-8H,2H2,1H3,(H,14,15). The monoisotopic (exact) mass is 200 g/mol. The summed E-state index contributed by atoms with van der Waals surface area (Å²) in [6.45, 7) is 2.01. The van der Waals surface area contributed by atoms with Gasteiger partial charge in [0.1, 0.15) is 0 Å². The van der Waals surface area contributed by atoms with Crippen LogP contribution in [0.2, 0.25) is 0 Å². The molecule has 15 heavy (non-hydrogen) atoms. The molecule has 0 amide bonds. The Kier molecular flexibility index (Phi) is 2.63. The van der Waals surface area contributed by atoms with Crippen molar-refractivity contribution in [2.45, 2.75) is 13.3 Å². The number of H-pyrrole nitrogens is 1. The van der Waals surface area contributed by atoms with Gasteiger partial charge in [-0.25, -0.2) is 0 Å². The molecule has 0 bridgehead atoms. The van der Waals surface area contributed by atoms with Gasteiger partial charge in [-0.1, -0.05) is 13.0 Å². The number of nitrogens with one attached hydrogen (secondary N) is 1. The van der Waals surface area contributed by atoms with Crippen molar-refractivity contribution in [2.24, 2.45) is 0 Å². The van der Waals surface area contributed by atoms with Crippen LogP contribution in [0.5, 0.6) is 0 Å².